The fourth-order valence-electron chi connectivity index (χ4n) is 4.72. The van der Waals surface area contributed by atoms with Gasteiger partial charge in [0, 0.05) is 11.8 Å². The quantitative estimate of drug-likeness (QED) is 0.438. The van der Waals surface area contributed by atoms with Gasteiger partial charge in [-0.1, -0.05) is 43.3 Å². The molecule has 0 spiro atoms. The van der Waals surface area contributed by atoms with Crippen molar-refractivity contribution < 1.29 is 13.9 Å². The number of aromatic nitrogens is 2. The number of nitrogens with zero attached hydrogens (tertiary/aromatic N) is 2. The largest absolute Gasteiger partial charge is 0.485 e. The van der Waals surface area contributed by atoms with Crippen molar-refractivity contribution in [3.63, 3.8) is 0 Å². The van der Waals surface area contributed by atoms with Gasteiger partial charge in [0.15, 0.2) is 11.4 Å². The Morgan fingerprint density at radius 1 is 1.18 bits per heavy atom. The molecule has 6 heteroatoms. The van der Waals surface area contributed by atoms with Crippen LogP contribution in [0.4, 0.5) is 4.39 Å². The second-order valence-electron chi connectivity index (χ2n) is 8.40. The second kappa shape index (κ2) is 8.70. The van der Waals surface area contributed by atoms with Crippen LogP contribution in [0.2, 0.25) is 0 Å². The number of hydrogen-bond donors (Lipinski definition) is 1. The molecule has 2 heterocycles. The molecule has 1 aliphatic carbocycles. The zero-order valence-electron chi connectivity index (χ0n) is 18.8. The highest BCUT2D eigenvalue weighted by Gasteiger charge is 2.26. The molecule has 0 radical (unpaired) electrons. The zero-order valence-corrected chi connectivity index (χ0v) is 18.8. The number of fused-ring (bicyclic) bond motifs is 2. The van der Waals surface area contributed by atoms with E-state index in [2.05, 4.69) is 22.4 Å². The molecule has 0 saturated carbocycles. The first-order chi connectivity index (χ1) is 16.1. The van der Waals surface area contributed by atoms with E-state index in [4.69, 9.17) is 4.74 Å². The second-order valence-corrected chi connectivity index (χ2v) is 8.40. The van der Waals surface area contributed by atoms with Crippen molar-refractivity contribution in [2.45, 2.75) is 45.8 Å². The lowest BCUT2D eigenvalue weighted by atomic mass is 10.1. The summed E-state index contributed by atoms with van der Waals surface area (Å²) < 4.78 is 22.1. The first kappa shape index (κ1) is 21.2. The molecule has 0 aliphatic heterocycles. The molecule has 33 heavy (non-hydrogen) atoms. The number of halogens is 1. The number of hydrogen-bond acceptors (Lipinski definition) is 3. The molecule has 2 aromatic heterocycles. The Bertz CT molecular complexity index is 1340. The van der Waals surface area contributed by atoms with Crippen molar-refractivity contribution in [3.05, 3.63) is 100 Å². The highest BCUT2D eigenvalue weighted by Crippen LogP contribution is 2.31. The van der Waals surface area contributed by atoms with E-state index in [1.807, 2.05) is 38.1 Å². The van der Waals surface area contributed by atoms with Crippen molar-refractivity contribution >= 4 is 11.6 Å². The molecule has 1 aliphatic rings. The fourth-order valence-corrected chi connectivity index (χ4v) is 4.72. The van der Waals surface area contributed by atoms with Crippen molar-refractivity contribution in [1.29, 1.82) is 0 Å². The minimum atomic E-state index is -0.280. The van der Waals surface area contributed by atoms with Crippen molar-refractivity contribution in [1.82, 2.24) is 14.7 Å². The summed E-state index contributed by atoms with van der Waals surface area (Å²) >= 11 is 0. The monoisotopic (exact) mass is 443 g/mol. The topological polar surface area (TPSA) is 55.6 Å². The van der Waals surface area contributed by atoms with Crippen molar-refractivity contribution in [3.8, 4) is 5.75 Å². The Kier molecular flexibility index (Phi) is 5.58. The van der Waals surface area contributed by atoms with Crippen molar-refractivity contribution in [2.24, 2.45) is 0 Å². The van der Waals surface area contributed by atoms with Gasteiger partial charge in [-0.2, -0.15) is 0 Å². The standard InChI is InChI=1S/C27H26FN3O2/c1-3-18-9-6-11-22(28)21(18)16-33-24-12-7-15-31-25(17(2)29-26(24)31)27(32)30-23-14-13-19-8-4-5-10-20(19)23/h4-12,15,23H,3,13-14,16H2,1-2H3,(H,30,32)/t23-/m0/s1. The van der Waals surface area contributed by atoms with E-state index in [1.54, 1.807) is 22.7 Å². The molecular formula is C27H26FN3O2. The maximum atomic E-state index is 14.4. The van der Waals surface area contributed by atoms with Crippen LogP contribution < -0.4 is 10.1 Å². The summed E-state index contributed by atoms with van der Waals surface area (Å²) in [5.74, 6) is 0.0649. The van der Waals surface area contributed by atoms with E-state index in [-0.39, 0.29) is 24.4 Å². The van der Waals surface area contributed by atoms with Crippen LogP contribution in [0, 0.1) is 12.7 Å². The van der Waals surface area contributed by atoms with Crippen LogP contribution in [-0.2, 0) is 19.4 Å². The van der Waals surface area contributed by atoms with Gasteiger partial charge in [0.25, 0.3) is 5.91 Å². The van der Waals surface area contributed by atoms with Gasteiger partial charge in [0.05, 0.1) is 11.7 Å². The van der Waals surface area contributed by atoms with Gasteiger partial charge in [-0.3, -0.25) is 9.20 Å². The molecule has 0 unspecified atom stereocenters. The summed E-state index contributed by atoms with van der Waals surface area (Å²) in [5.41, 5.74) is 5.57. The minimum absolute atomic E-state index is 0.00777. The first-order valence-corrected chi connectivity index (χ1v) is 11.3. The van der Waals surface area contributed by atoms with E-state index in [0.29, 0.717) is 28.3 Å². The SMILES string of the molecule is CCc1cccc(F)c1COc1cccn2c(C(=O)N[C@H]3CCc4ccccc43)c(C)nc12. The lowest BCUT2D eigenvalue weighted by Gasteiger charge is -2.15. The predicted octanol–water partition coefficient (Wildman–Crippen LogP) is 5.34. The number of carbonyl (C=O) groups is 1. The molecule has 4 aromatic rings. The molecule has 5 rings (SSSR count). The molecule has 1 N–H and O–H groups in total. The molecule has 1 atom stereocenters. The number of carbonyl (C=O) groups excluding carboxylic acids is 1. The number of rotatable bonds is 6. The van der Waals surface area contributed by atoms with Crippen LogP contribution in [0.3, 0.4) is 0 Å². The average Bonchev–Trinajstić information content (AvgIpc) is 3.38. The highest BCUT2D eigenvalue weighted by atomic mass is 19.1. The molecule has 2 aromatic carbocycles. The number of nitrogens with one attached hydrogen (secondary N) is 1. The maximum absolute atomic E-state index is 14.4. The summed E-state index contributed by atoms with van der Waals surface area (Å²) in [6.07, 6.45) is 4.37. The number of imidazole rings is 1. The third-order valence-corrected chi connectivity index (χ3v) is 6.41. The van der Waals surface area contributed by atoms with E-state index in [9.17, 15) is 9.18 Å². The van der Waals surface area contributed by atoms with Crippen LogP contribution in [0.1, 0.15) is 57.8 Å². The molecule has 5 nitrogen and oxygen atoms in total. The Hall–Kier alpha value is -3.67. The van der Waals surface area contributed by atoms with Gasteiger partial charge < -0.3 is 10.1 Å². The normalized spacial score (nSPS) is 14.9. The van der Waals surface area contributed by atoms with Gasteiger partial charge >= 0.3 is 0 Å². The number of amides is 1. The number of pyridine rings is 1. The Labute approximate surface area is 192 Å². The first-order valence-electron chi connectivity index (χ1n) is 11.3. The number of ether oxygens (including phenoxy) is 1. The van der Waals surface area contributed by atoms with Crippen molar-refractivity contribution in [2.75, 3.05) is 0 Å². The third kappa shape index (κ3) is 3.86. The molecule has 1 amide bonds. The lowest BCUT2D eigenvalue weighted by molar-refractivity contribution is 0.0930. The molecule has 168 valence electrons. The van der Waals surface area contributed by atoms with Crippen LogP contribution >= 0.6 is 0 Å². The average molecular weight is 444 g/mol. The summed E-state index contributed by atoms with van der Waals surface area (Å²) in [6, 6.07) is 16.9. The zero-order chi connectivity index (χ0) is 22.9. The minimum Gasteiger partial charge on any atom is -0.485 e. The summed E-state index contributed by atoms with van der Waals surface area (Å²) in [7, 11) is 0. The third-order valence-electron chi connectivity index (χ3n) is 6.41. The van der Waals surface area contributed by atoms with Gasteiger partial charge in [0.1, 0.15) is 18.1 Å². The van der Waals surface area contributed by atoms with E-state index in [1.165, 1.54) is 17.2 Å². The molecule has 0 saturated heterocycles. The van der Waals surface area contributed by atoms with Gasteiger partial charge in [-0.15, -0.1) is 0 Å². The summed E-state index contributed by atoms with van der Waals surface area (Å²) in [4.78, 5) is 17.9. The predicted molar refractivity (Wildman–Crippen MR) is 125 cm³/mol. The summed E-state index contributed by atoms with van der Waals surface area (Å²) in [5, 5.41) is 3.18. The van der Waals surface area contributed by atoms with Gasteiger partial charge in [-0.05, 0) is 61.1 Å². The van der Waals surface area contributed by atoms with E-state index in [0.717, 1.165) is 24.8 Å². The van der Waals surface area contributed by atoms with Crippen LogP contribution in [0.15, 0.2) is 60.8 Å². The van der Waals surface area contributed by atoms with Gasteiger partial charge in [0.2, 0.25) is 0 Å². The molecule has 0 fully saturated rings. The maximum Gasteiger partial charge on any atom is 0.270 e. The fraction of sp³-hybridized carbons (Fsp3) is 0.259. The van der Waals surface area contributed by atoms with E-state index >= 15 is 0 Å². The Morgan fingerprint density at radius 2 is 2.03 bits per heavy atom. The number of benzene rings is 2. The Balaban J connectivity index is 1.41. The molecule has 0 bridgehead atoms. The van der Waals surface area contributed by atoms with Crippen LogP contribution in [0.25, 0.3) is 5.65 Å². The highest BCUT2D eigenvalue weighted by molar-refractivity contribution is 5.95. The van der Waals surface area contributed by atoms with Crippen LogP contribution in [0.5, 0.6) is 5.75 Å². The lowest BCUT2D eigenvalue weighted by Crippen LogP contribution is -2.28. The Morgan fingerprint density at radius 3 is 2.88 bits per heavy atom. The van der Waals surface area contributed by atoms with Crippen LogP contribution in [-0.4, -0.2) is 15.3 Å². The summed E-state index contributed by atoms with van der Waals surface area (Å²) in [6.45, 7) is 3.91. The van der Waals surface area contributed by atoms with E-state index < -0.39 is 0 Å². The number of aryl methyl sites for hydroxylation is 3. The smallest absolute Gasteiger partial charge is 0.270 e. The molecular weight excluding hydrogens is 417 g/mol. The van der Waals surface area contributed by atoms with Gasteiger partial charge in [-0.25, -0.2) is 9.37 Å².